The normalized spacial score (nSPS) is 21.3. The van der Waals surface area contributed by atoms with Crippen molar-refractivity contribution in [2.75, 3.05) is 13.2 Å². The van der Waals surface area contributed by atoms with Gasteiger partial charge in [0.2, 0.25) is 0 Å². The first-order valence-corrected chi connectivity index (χ1v) is 14.7. The summed E-state index contributed by atoms with van der Waals surface area (Å²) in [5.74, 6) is 0.133. The van der Waals surface area contributed by atoms with Crippen molar-refractivity contribution >= 4 is 23.1 Å². The Morgan fingerprint density at radius 2 is 1.93 bits per heavy atom. The average Bonchev–Trinajstić information content (AvgIpc) is 3.24. The molecule has 1 unspecified atom stereocenters. The van der Waals surface area contributed by atoms with Crippen molar-refractivity contribution in [3.63, 3.8) is 0 Å². The number of aromatic nitrogens is 2. The Kier molecular flexibility index (Phi) is 7.45. The van der Waals surface area contributed by atoms with Gasteiger partial charge in [0.1, 0.15) is 13.2 Å². The van der Waals surface area contributed by atoms with Gasteiger partial charge in [0, 0.05) is 21.9 Å². The number of carbonyl (C=O) groups is 1. The van der Waals surface area contributed by atoms with Gasteiger partial charge in [-0.2, -0.15) is 0 Å². The molecule has 1 aliphatic carbocycles. The molecule has 1 fully saturated rings. The summed E-state index contributed by atoms with van der Waals surface area (Å²) in [6.45, 7) is 2.54. The molecular weight excluding hydrogens is 506 g/mol. The number of oxime groups is 1. The van der Waals surface area contributed by atoms with Crippen LogP contribution >= 0.6 is 0 Å². The van der Waals surface area contributed by atoms with Crippen molar-refractivity contribution in [1.29, 1.82) is 0 Å². The molecule has 1 atom stereocenters. The summed E-state index contributed by atoms with van der Waals surface area (Å²) >= 11 is 0. The number of cyclic esters (lactones) is 1. The zero-order valence-corrected chi connectivity index (χ0v) is 23.2. The summed E-state index contributed by atoms with van der Waals surface area (Å²) in [4.78, 5) is 37.1. The zero-order valence-electron chi connectivity index (χ0n) is 23.2. The second kappa shape index (κ2) is 11.2. The van der Waals surface area contributed by atoms with Crippen LogP contribution in [-0.2, 0) is 32.9 Å². The van der Waals surface area contributed by atoms with Crippen LogP contribution in [0.2, 0.25) is 0 Å². The number of aliphatic hydroxyl groups excluding tert-OH is 1. The molecule has 210 valence electrons. The van der Waals surface area contributed by atoms with Crippen molar-refractivity contribution in [2.45, 2.75) is 83.3 Å². The molecule has 1 aromatic carbocycles. The second-order valence-corrected chi connectivity index (χ2v) is 11.6. The lowest BCUT2D eigenvalue weighted by Gasteiger charge is -2.30. The summed E-state index contributed by atoms with van der Waals surface area (Å²) in [6, 6.07) is 9.85. The number of aliphatic hydroxyl groups is 1. The molecule has 40 heavy (non-hydrogen) atoms. The van der Waals surface area contributed by atoms with Crippen LogP contribution in [0.25, 0.3) is 22.3 Å². The van der Waals surface area contributed by atoms with Gasteiger partial charge in [-0.3, -0.25) is 9.59 Å². The Hall–Kier alpha value is -3.52. The van der Waals surface area contributed by atoms with E-state index in [0.29, 0.717) is 42.3 Å². The number of ether oxygens (including phenoxy) is 1. The molecule has 0 saturated heterocycles. The maximum Gasteiger partial charge on any atom is 0.307 e. The molecule has 8 nitrogen and oxygen atoms in total. The minimum atomic E-state index is -0.869. The first-order chi connectivity index (χ1) is 19.5. The van der Waals surface area contributed by atoms with Gasteiger partial charge in [-0.1, -0.05) is 62.4 Å². The Morgan fingerprint density at radius 3 is 2.70 bits per heavy atom. The van der Waals surface area contributed by atoms with Crippen LogP contribution < -0.4 is 5.56 Å². The first-order valence-electron chi connectivity index (χ1n) is 14.7. The van der Waals surface area contributed by atoms with Gasteiger partial charge in [-0.15, -0.1) is 0 Å². The molecule has 0 bridgehead atoms. The Balaban J connectivity index is 1.40. The molecule has 6 rings (SSSR count). The average molecular weight is 544 g/mol. The third-order valence-electron chi connectivity index (χ3n) is 9.20. The van der Waals surface area contributed by atoms with Crippen LogP contribution in [0, 0.1) is 5.92 Å². The van der Waals surface area contributed by atoms with E-state index in [2.05, 4.69) is 5.16 Å². The van der Waals surface area contributed by atoms with Crippen molar-refractivity contribution < 1.29 is 19.5 Å². The molecule has 0 radical (unpaired) electrons. The quantitative estimate of drug-likeness (QED) is 0.203. The maximum atomic E-state index is 13.8. The highest BCUT2D eigenvalue weighted by Crippen LogP contribution is 2.41. The van der Waals surface area contributed by atoms with E-state index in [4.69, 9.17) is 14.6 Å². The molecule has 3 aromatic rings. The molecule has 2 aliphatic heterocycles. The number of nitrogens with zero attached hydrogens (tertiary/aromatic N) is 3. The van der Waals surface area contributed by atoms with E-state index < -0.39 is 11.4 Å². The minimum Gasteiger partial charge on any atom is -0.461 e. The number of esters is 1. The smallest absolute Gasteiger partial charge is 0.307 e. The fourth-order valence-electron chi connectivity index (χ4n) is 6.70. The van der Waals surface area contributed by atoms with Crippen molar-refractivity contribution in [2.24, 2.45) is 11.1 Å². The molecule has 8 heteroatoms. The Labute approximate surface area is 234 Å². The van der Waals surface area contributed by atoms with Gasteiger partial charge >= 0.3 is 5.97 Å². The lowest BCUT2D eigenvalue weighted by atomic mass is 9.74. The summed E-state index contributed by atoms with van der Waals surface area (Å²) < 4.78 is 7.11. The highest BCUT2D eigenvalue weighted by Gasteiger charge is 2.40. The summed E-state index contributed by atoms with van der Waals surface area (Å²) in [5, 5.41) is 15.8. The van der Waals surface area contributed by atoms with Gasteiger partial charge < -0.3 is 19.2 Å². The van der Waals surface area contributed by atoms with E-state index in [1.807, 2.05) is 37.3 Å². The highest BCUT2D eigenvalue weighted by atomic mass is 16.6. The SMILES string of the molecule is CCC1(CO)CC(=O)OCc2c1cc1n(c2=O)Cc2c-1nc1ccccc1c2/C=N/OCC1CCCCCCC1. The number of hydrogen-bond donors (Lipinski definition) is 1. The number of para-hydroxylation sites is 1. The largest absolute Gasteiger partial charge is 0.461 e. The van der Waals surface area contributed by atoms with Crippen LogP contribution in [0.4, 0.5) is 0 Å². The summed E-state index contributed by atoms with van der Waals surface area (Å²) in [7, 11) is 0. The topological polar surface area (TPSA) is 103 Å². The molecular formula is C32H37N3O5. The number of rotatable bonds is 6. The molecule has 3 aliphatic rings. The number of carbonyl (C=O) groups excluding carboxylic acids is 1. The van der Waals surface area contributed by atoms with Crippen LogP contribution in [0.3, 0.4) is 0 Å². The zero-order chi connectivity index (χ0) is 27.7. The second-order valence-electron chi connectivity index (χ2n) is 11.6. The van der Waals surface area contributed by atoms with Crippen molar-refractivity contribution in [3.05, 3.63) is 62.9 Å². The third-order valence-corrected chi connectivity index (χ3v) is 9.20. The molecule has 4 heterocycles. The summed E-state index contributed by atoms with van der Waals surface area (Å²) in [6.07, 6.45) is 11.1. The molecule has 0 spiro atoms. The van der Waals surface area contributed by atoms with Crippen molar-refractivity contribution in [3.8, 4) is 11.4 Å². The highest BCUT2D eigenvalue weighted by molar-refractivity contribution is 6.02. The number of benzene rings is 1. The van der Waals surface area contributed by atoms with E-state index in [1.165, 1.54) is 44.9 Å². The number of pyridine rings is 2. The van der Waals surface area contributed by atoms with Crippen molar-refractivity contribution in [1.82, 2.24) is 9.55 Å². The van der Waals surface area contributed by atoms with Gasteiger partial charge in [-0.25, -0.2) is 4.98 Å². The fourth-order valence-corrected chi connectivity index (χ4v) is 6.70. The Morgan fingerprint density at radius 1 is 1.15 bits per heavy atom. The van der Waals surface area contributed by atoms with E-state index >= 15 is 0 Å². The predicted molar refractivity (Wildman–Crippen MR) is 153 cm³/mol. The molecule has 2 aromatic heterocycles. The first kappa shape index (κ1) is 26.7. The lowest BCUT2D eigenvalue weighted by molar-refractivity contribution is -0.146. The van der Waals surface area contributed by atoms with Gasteiger partial charge in [0.15, 0.2) is 0 Å². The number of fused-ring (bicyclic) bond motifs is 5. The van der Waals surface area contributed by atoms with Gasteiger partial charge in [0.25, 0.3) is 5.56 Å². The van der Waals surface area contributed by atoms with Gasteiger partial charge in [-0.05, 0) is 42.9 Å². The van der Waals surface area contributed by atoms with E-state index in [9.17, 15) is 14.7 Å². The van der Waals surface area contributed by atoms with Crippen LogP contribution in [0.1, 0.15) is 87.0 Å². The van der Waals surface area contributed by atoms with Crippen LogP contribution in [0.5, 0.6) is 0 Å². The standard InChI is InChI=1S/C32H37N3O5/c1-2-32(20-36)15-29(37)39-19-25-26(32)14-28-30-24(17-35(28)31(25)38)23(22-12-8-9-13-27(22)34-30)16-33-40-18-21-10-6-4-3-5-7-11-21/h8-9,12-14,16,21,36H,2-7,10-11,15,17-20H2,1H3/b33-16+. The van der Waals surface area contributed by atoms with Crippen LogP contribution in [-0.4, -0.2) is 40.1 Å². The fraction of sp³-hybridized carbons (Fsp3) is 0.500. The Bertz CT molecular complexity index is 1510. The monoisotopic (exact) mass is 543 g/mol. The molecule has 1 saturated carbocycles. The number of hydrogen-bond acceptors (Lipinski definition) is 7. The molecule has 0 amide bonds. The van der Waals surface area contributed by atoms with Crippen LogP contribution in [0.15, 0.2) is 40.3 Å². The third kappa shape index (κ3) is 4.72. The van der Waals surface area contributed by atoms with E-state index in [0.717, 1.165) is 27.7 Å². The van der Waals surface area contributed by atoms with Gasteiger partial charge in [0.05, 0.1) is 48.3 Å². The maximum absolute atomic E-state index is 13.8. The lowest BCUT2D eigenvalue weighted by Crippen LogP contribution is -2.35. The molecule has 1 N–H and O–H groups in total. The van der Waals surface area contributed by atoms with E-state index in [-0.39, 0.29) is 25.2 Å². The summed E-state index contributed by atoms with van der Waals surface area (Å²) in [5.41, 5.74) is 4.06. The van der Waals surface area contributed by atoms with E-state index in [1.54, 1.807) is 10.8 Å². The predicted octanol–water partition coefficient (Wildman–Crippen LogP) is 5.22. The minimum absolute atomic E-state index is 0.0319.